The predicted molar refractivity (Wildman–Crippen MR) is 111 cm³/mol. The van der Waals surface area contributed by atoms with Gasteiger partial charge in [0.15, 0.2) is 5.69 Å². The molecule has 9 nitrogen and oxygen atoms in total. The molecule has 0 aliphatic carbocycles. The van der Waals surface area contributed by atoms with Crippen molar-refractivity contribution in [2.75, 3.05) is 40.4 Å². The summed E-state index contributed by atoms with van der Waals surface area (Å²) in [6.45, 7) is 6.29. The average Bonchev–Trinajstić information content (AvgIpc) is 3.29. The lowest BCUT2D eigenvalue weighted by atomic mass is 10.0. The van der Waals surface area contributed by atoms with Gasteiger partial charge in [-0.2, -0.15) is 0 Å². The normalized spacial score (nSPS) is 14.5. The third-order valence-corrected chi connectivity index (χ3v) is 5.55. The molecule has 0 radical (unpaired) electrons. The van der Waals surface area contributed by atoms with Crippen molar-refractivity contribution < 1.29 is 19.1 Å². The summed E-state index contributed by atoms with van der Waals surface area (Å²) in [6, 6.07) is 5.40. The molecule has 30 heavy (non-hydrogen) atoms. The van der Waals surface area contributed by atoms with Gasteiger partial charge < -0.3 is 19.3 Å². The Labute approximate surface area is 176 Å². The van der Waals surface area contributed by atoms with Crippen LogP contribution >= 0.6 is 0 Å². The number of hydrogen-bond donors (Lipinski definition) is 0. The molecule has 2 heterocycles. The summed E-state index contributed by atoms with van der Waals surface area (Å²) < 4.78 is 12.5. The Morgan fingerprint density at radius 1 is 1.10 bits per heavy atom. The van der Waals surface area contributed by atoms with E-state index in [1.54, 1.807) is 53.1 Å². The van der Waals surface area contributed by atoms with Crippen LogP contribution in [0.4, 0.5) is 0 Å². The Morgan fingerprint density at radius 3 is 2.23 bits per heavy atom. The topological polar surface area (TPSA) is 89.8 Å². The number of piperidine rings is 1. The van der Waals surface area contributed by atoms with Crippen molar-refractivity contribution in [2.24, 2.45) is 0 Å². The molecule has 0 bridgehead atoms. The van der Waals surface area contributed by atoms with Gasteiger partial charge in [-0.15, -0.1) is 5.10 Å². The molecule has 2 aromatic rings. The number of carbonyl (C=O) groups is 2. The van der Waals surface area contributed by atoms with Gasteiger partial charge in [-0.25, -0.2) is 4.68 Å². The monoisotopic (exact) mass is 415 g/mol. The lowest BCUT2D eigenvalue weighted by molar-refractivity contribution is 0.0682. The van der Waals surface area contributed by atoms with E-state index in [2.05, 4.69) is 10.3 Å². The number of benzene rings is 1. The molecule has 162 valence electrons. The van der Waals surface area contributed by atoms with Crippen molar-refractivity contribution in [3.8, 4) is 11.5 Å². The van der Waals surface area contributed by atoms with Crippen molar-refractivity contribution in [1.82, 2.24) is 24.8 Å². The SMILES string of the molecule is CCN(CC)C(=O)c1cn(C2CCN(C(=O)c3c(OC)cccc3OC)CC2)nn1. The van der Waals surface area contributed by atoms with Crippen molar-refractivity contribution >= 4 is 11.8 Å². The summed E-state index contributed by atoms with van der Waals surface area (Å²) in [5.41, 5.74) is 0.796. The number of aromatic nitrogens is 3. The quantitative estimate of drug-likeness (QED) is 0.689. The van der Waals surface area contributed by atoms with E-state index in [0.717, 1.165) is 12.8 Å². The first-order chi connectivity index (χ1) is 14.5. The smallest absolute Gasteiger partial charge is 0.276 e. The highest BCUT2D eigenvalue weighted by molar-refractivity contribution is 5.99. The molecular formula is C21H29N5O4. The average molecular weight is 415 g/mol. The maximum Gasteiger partial charge on any atom is 0.276 e. The Kier molecular flexibility index (Phi) is 6.91. The first-order valence-corrected chi connectivity index (χ1v) is 10.2. The molecule has 9 heteroatoms. The highest BCUT2D eigenvalue weighted by atomic mass is 16.5. The number of amides is 2. The van der Waals surface area contributed by atoms with Gasteiger partial charge in [-0.1, -0.05) is 11.3 Å². The van der Waals surface area contributed by atoms with Crippen molar-refractivity contribution in [1.29, 1.82) is 0 Å². The molecule has 1 saturated heterocycles. The van der Waals surface area contributed by atoms with Crippen molar-refractivity contribution in [3.05, 3.63) is 35.7 Å². The van der Waals surface area contributed by atoms with Crippen LogP contribution < -0.4 is 9.47 Å². The molecule has 1 aliphatic heterocycles. The molecule has 0 spiro atoms. The van der Waals surface area contributed by atoms with Gasteiger partial charge >= 0.3 is 0 Å². The number of carbonyl (C=O) groups excluding carboxylic acids is 2. The summed E-state index contributed by atoms with van der Waals surface area (Å²) in [6.07, 6.45) is 3.17. The molecule has 0 atom stereocenters. The van der Waals surface area contributed by atoms with Gasteiger partial charge in [-0.05, 0) is 38.8 Å². The second-order valence-corrected chi connectivity index (χ2v) is 7.12. The highest BCUT2D eigenvalue weighted by Gasteiger charge is 2.29. The van der Waals surface area contributed by atoms with Crippen LogP contribution in [0.2, 0.25) is 0 Å². The lowest BCUT2D eigenvalue weighted by Crippen LogP contribution is -2.39. The first-order valence-electron chi connectivity index (χ1n) is 10.2. The Morgan fingerprint density at radius 2 is 1.70 bits per heavy atom. The minimum atomic E-state index is -0.112. The van der Waals surface area contributed by atoms with E-state index in [1.807, 2.05) is 13.8 Å². The number of hydrogen-bond acceptors (Lipinski definition) is 6. The van der Waals surface area contributed by atoms with Crippen LogP contribution in [0, 0.1) is 0 Å². The minimum absolute atomic E-state index is 0.0966. The second kappa shape index (κ2) is 9.60. The van der Waals surface area contributed by atoms with E-state index >= 15 is 0 Å². The van der Waals surface area contributed by atoms with E-state index in [4.69, 9.17) is 9.47 Å². The molecule has 1 fully saturated rings. The van der Waals surface area contributed by atoms with E-state index < -0.39 is 0 Å². The first kappa shape index (κ1) is 21.6. The van der Waals surface area contributed by atoms with Gasteiger partial charge in [0.1, 0.15) is 17.1 Å². The third-order valence-electron chi connectivity index (χ3n) is 5.55. The fourth-order valence-corrected chi connectivity index (χ4v) is 3.78. The van der Waals surface area contributed by atoms with Crippen molar-refractivity contribution in [2.45, 2.75) is 32.7 Å². The number of rotatable bonds is 7. The van der Waals surface area contributed by atoms with Crippen LogP contribution in [0.3, 0.4) is 0 Å². The fraction of sp³-hybridized carbons (Fsp3) is 0.524. The predicted octanol–water partition coefficient (Wildman–Crippen LogP) is 2.25. The number of ether oxygens (including phenoxy) is 2. The van der Waals surface area contributed by atoms with Gasteiger partial charge in [0.25, 0.3) is 11.8 Å². The van der Waals surface area contributed by atoms with E-state index in [9.17, 15) is 9.59 Å². The summed E-state index contributed by atoms with van der Waals surface area (Å²) >= 11 is 0. The fourth-order valence-electron chi connectivity index (χ4n) is 3.78. The van der Waals surface area contributed by atoms with E-state index in [1.165, 1.54) is 0 Å². The van der Waals surface area contributed by atoms with Crippen LogP contribution in [0.5, 0.6) is 11.5 Å². The Balaban J connectivity index is 1.67. The molecule has 1 aromatic carbocycles. The van der Waals surface area contributed by atoms with Gasteiger partial charge in [0.05, 0.1) is 26.5 Å². The lowest BCUT2D eigenvalue weighted by Gasteiger charge is -2.32. The van der Waals surface area contributed by atoms with Crippen LogP contribution in [-0.2, 0) is 0 Å². The maximum atomic E-state index is 13.1. The highest BCUT2D eigenvalue weighted by Crippen LogP contribution is 2.31. The van der Waals surface area contributed by atoms with Gasteiger partial charge in [0.2, 0.25) is 0 Å². The largest absolute Gasteiger partial charge is 0.496 e. The number of nitrogens with zero attached hydrogens (tertiary/aromatic N) is 5. The van der Waals surface area contributed by atoms with E-state index in [-0.39, 0.29) is 17.9 Å². The summed E-state index contributed by atoms with van der Waals surface area (Å²) in [5, 5.41) is 8.23. The standard InChI is InChI=1S/C21H29N5O4/c1-5-24(6-2)20(27)16-14-26(23-22-16)15-10-12-25(13-11-15)21(28)19-17(29-3)8-7-9-18(19)30-4/h7-9,14-15H,5-6,10-13H2,1-4H3. The Bertz CT molecular complexity index is 863. The zero-order valence-electron chi connectivity index (χ0n) is 18.0. The molecule has 3 rings (SSSR count). The second-order valence-electron chi connectivity index (χ2n) is 7.12. The molecule has 0 saturated carbocycles. The summed E-state index contributed by atoms with van der Waals surface area (Å²) in [4.78, 5) is 29.1. The van der Waals surface area contributed by atoms with Crippen LogP contribution in [0.15, 0.2) is 24.4 Å². The minimum Gasteiger partial charge on any atom is -0.496 e. The van der Waals surface area contributed by atoms with Gasteiger partial charge in [0, 0.05) is 26.2 Å². The molecule has 0 unspecified atom stereocenters. The van der Waals surface area contributed by atoms with E-state index in [0.29, 0.717) is 48.9 Å². The van der Waals surface area contributed by atoms with Crippen LogP contribution in [-0.4, -0.2) is 77.0 Å². The molecule has 2 amide bonds. The zero-order chi connectivity index (χ0) is 21.7. The van der Waals surface area contributed by atoms with Crippen molar-refractivity contribution in [3.63, 3.8) is 0 Å². The zero-order valence-corrected chi connectivity index (χ0v) is 18.0. The number of likely N-dealkylation sites (tertiary alicyclic amines) is 1. The number of methoxy groups -OCH3 is 2. The van der Waals surface area contributed by atoms with Crippen LogP contribution in [0.1, 0.15) is 53.6 Å². The molecule has 1 aromatic heterocycles. The third kappa shape index (κ3) is 4.24. The Hall–Kier alpha value is -3.10. The summed E-state index contributed by atoms with van der Waals surface area (Å²) in [7, 11) is 3.08. The van der Waals surface area contributed by atoms with Crippen LogP contribution in [0.25, 0.3) is 0 Å². The summed E-state index contributed by atoms with van der Waals surface area (Å²) in [5.74, 6) is 0.774. The molecule has 1 aliphatic rings. The maximum absolute atomic E-state index is 13.1. The molecule has 0 N–H and O–H groups in total. The molecular weight excluding hydrogens is 386 g/mol. The van der Waals surface area contributed by atoms with Gasteiger partial charge in [-0.3, -0.25) is 9.59 Å².